The Kier molecular flexibility index (Phi) is 21.6. The van der Waals surface area contributed by atoms with Crippen molar-refractivity contribution in [3.63, 3.8) is 0 Å². The van der Waals surface area contributed by atoms with Crippen LogP contribution in [0.5, 0.6) is 0 Å². The summed E-state index contributed by atoms with van der Waals surface area (Å²) in [5.74, 6) is -0.427. The smallest absolute Gasteiger partial charge is 0.251 e. The molecule has 75 heavy (non-hydrogen) atoms. The van der Waals surface area contributed by atoms with Crippen molar-refractivity contribution in [3.8, 4) is 0 Å². The molecule has 2 aliphatic rings. The highest BCUT2D eigenvalue weighted by Gasteiger charge is 2.29. The van der Waals surface area contributed by atoms with Crippen LogP contribution in [0, 0.1) is 0 Å². The second-order valence-corrected chi connectivity index (χ2v) is 23.5. The number of anilines is 1. The first-order valence-corrected chi connectivity index (χ1v) is 28.8. The molecule has 0 saturated carbocycles. The summed E-state index contributed by atoms with van der Waals surface area (Å²) in [7, 11) is -3.51. The zero-order valence-electron chi connectivity index (χ0n) is 41.6. The number of halogens is 4. The molecule has 3 unspecified atom stereocenters. The van der Waals surface area contributed by atoms with Gasteiger partial charge in [0.25, 0.3) is 5.91 Å². The number of aliphatic hydroxyl groups is 1. The van der Waals surface area contributed by atoms with E-state index in [1.54, 1.807) is 42.5 Å². The van der Waals surface area contributed by atoms with Gasteiger partial charge in [0.15, 0.2) is 0 Å². The molecule has 5 aromatic carbocycles. The number of likely N-dealkylation sites (N-methyl/N-ethyl adjacent to an activating group) is 2. The lowest BCUT2D eigenvalue weighted by Crippen LogP contribution is -2.31. The number of nitrogens with two attached hydrogens (primary N) is 1. The molecule has 0 spiro atoms. The number of sulfonamides is 2. The van der Waals surface area contributed by atoms with Crippen LogP contribution in [0.25, 0.3) is 0 Å². The lowest BCUT2D eigenvalue weighted by Gasteiger charge is -2.33. The zero-order valence-corrected chi connectivity index (χ0v) is 46.3. The molecule has 0 bridgehead atoms. The van der Waals surface area contributed by atoms with Gasteiger partial charge in [-0.25, -0.2) is 26.3 Å². The standard InChI is InChI=1S/C52H63Cl4N7O10S2/c1-62-30-45(43-26-38(53)28-49(55)47(43)32-62)34-3-7-41(8-4-34)74(66,67)60-13-17-72-21-19-70-15-11-58-51(64)36-23-37(25-40(57)24-36)52(65)59-12-16-71-20-22-73-18-14-61-75(68,69)42-9-5-35(6-10-42)46-31-63(2)33-48-44(46)27-39(54)29-50(48)56/h3-10,23-29,45-46,51,58,60-61,64H,11-22,30-33,57H2,1-2H3,(H,59,65). The molecule has 7 rings (SSSR count). The molecule has 2 heterocycles. The van der Waals surface area contributed by atoms with Crippen molar-refractivity contribution in [3.05, 3.63) is 156 Å². The number of rotatable bonds is 27. The number of nitrogens with zero attached hydrogens (tertiary/aromatic N) is 2. The summed E-state index contributed by atoms with van der Waals surface area (Å²) in [4.78, 5) is 17.5. The molecule has 0 fully saturated rings. The van der Waals surface area contributed by atoms with Crippen LogP contribution < -0.4 is 25.8 Å². The second kappa shape index (κ2) is 27.6. The maximum absolute atomic E-state index is 13.0. The Bertz CT molecular complexity index is 2960. The minimum atomic E-state index is -3.77. The molecular weight excluding hydrogens is 1090 g/mol. The fourth-order valence-electron chi connectivity index (χ4n) is 9.02. The van der Waals surface area contributed by atoms with Gasteiger partial charge in [-0.15, -0.1) is 0 Å². The van der Waals surface area contributed by atoms with Crippen LogP contribution in [0.15, 0.2) is 101 Å². The number of hydrogen-bond donors (Lipinski definition) is 6. The summed E-state index contributed by atoms with van der Waals surface area (Å²) >= 11 is 25.7. The summed E-state index contributed by atoms with van der Waals surface area (Å²) < 4.78 is 79.3. The Hall–Kier alpha value is -3.97. The van der Waals surface area contributed by atoms with Crippen molar-refractivity contribution < 1.29 is 45.7 Å². The molecule has 0 saturated heterocycles. The largest absolute Gasteiger partial charge is 0.399 e. The van der Waals surface area contributed by atoms with E-state index >= 15 is 0 Å². The van der Waals surface area contributed by atoms with Crippen LogP contribution in [-0.2, 0) is 52.1 Å². The van der Waals surface area contributed by atoms with Crippen molar-refractivity contribution in [1.82, 2.24) is 29.9 Å². The van der Waals surface area contributed by atoms with Gasteiger partial charge < -0.3 is 44.9 Å². The van der Waals surface area contributed by atoms with Crippen molar-refractivity contribution >= 4 is 78.0 Å². The molecule has 17 nitrogen and oxygen atoms in total. The fourth-order valence-corrected chi connectivity index (χ4v) is 12.2. The van der Waals surface area contributed by atoms with Gasteiger partial charge in [0.2, 0.25) is 20.0 Å². The van der Waals surface area contributed by atoms with E-state index in [4.69, 9.17) is 71.1 Å². The van der Waals surface area contributed by atoms with Gasteiger partial charge in [0, 0.05) is 95.5 Å². The van der Waals surface area contributed by atoms with E-state index in [1.807, 2.05) is 50.5 Å². The number of carbonyl (C=O) groups is 1. The number of fused-ring (bicyclic) bond motifs is 2. The normalized spacial score (nSPS) is 16.6. The van der Waals surface area contributed by atoms with E-state index in [-0.39, 0.29) is 106 Å². The van der Waals surface area contributed by atoms with Crippen LogP contribution in [-0.4, -0.2) is 144 Å². The predicted octanol–water partition coefficient (Wildman–Crippen LogP) is 6.37. The van der Waals surface area contributed by atoms with E-state index in [2.05, 4.69) is 29.9 Å². The molecule has 406 valence electrons. The van der Waals surface area contributed by atoms with Crippen LogP contribution in [0.1, 0.15) is 67.4 Å². The molecular formula is C52H63Cl4N7O10S2. The first kappa shape index (κ1) is 58.7. The fraction of sp³-hybridized carbons (Fsp3) is 0.404. The van der Waals surface area contributed by atoms with Crippen LogP contribution in [0.3, 0.4) is 0 Å². The average molecular weight is 1150 g/mol. The number of amides is 1. The molecule has 2 aliphatic heterocycles. The average Bonchev–Trinajstić information content (AvgIpc) is 3.37. The topological polar surface area (TPSA) is 223 Å². The third-order valence-electron chi connectivity index (χ3n) is 12.7. The zero-order chi connectivity index (χ0) is 53.7. The van der Waals surface area contributed by atoms with Crippen LogP contribution in [0.2, 0.25) is 20.1 Å². The van der Waals surface area contributed by atoms with E-state index < -0.39 is 32.2 Å². The number of hydrogen-bond acceptors (Lipinski definition) is 14. The number of carbonyl (C=O) groups excluding carboxylic acids is 1. The Labute approximate surface area is 459 Å². The first-order chi connectivity index (χ1) is 35.9. The van der Waals surface area contributed by atoms with Crippen molar-refractivity contribution in [2.45, 2.75) is 40.9 Å². The van der Waals surface area contributed by atoms with Crippen molar-refractivity contribution in [2.24, 2.45) is 0 Å². The molecule has 3 atom stereocenters. The highest BCUT2D eigenvalue weighted by atomic mass is 35.5. The third-order valence-corrected chi connectivity index (χ3v) is 16.7. The minimum Gasteiger partial charge on any atom is -0.399 e. The third kappa shape index (κ3) is 16.5. The molecule has 0 radical (unpaired) electrons. The maximum Gasteiger partial charge on any atom is 0.251 e. The molecule has 23 heteroatoms. The first-order valence-electron chi connectivity index (χ1n) is 24.3. The molecule has 5 aromatic rings. The summed E-state index contributed by atoms with van der Waals surface area (Å²) in [6.45, 7) is 5.10. The quantitative estimate of drug-likeness (QED) is 0.0191. The van der Waals surface area contributed by atoms with Gasteiger partial charge in [-0.3, -0.25) is 10.1 Å². The summed E-state index contributed by atoms with van der Waals surface area (Å²) in [5.41, 5.74) is 13.0. The van der Waals surface area contributed by atoms with Crippen LogP contribution >= 0.6 is 46.4 Å². The van der Waals surface area contributed by atoms with E-state index in [9.17, 15) is 26.7 Å². The van der Waals surface area contributed by atoms with E-state index in [1.165, 1.54) is 12.1 Å². The van der Waals surface area contributed by atoms with Gasteiger partial charge in [-0.05, 0) is 120 Å². The Morgan fingerprint density at radius 1 is 0.613 bits per heavy atom. The maximum atomic E-state index is 13.0. The minimum absolute atomic E-state index is 0.0100. The number of ether oxygens (including phenoxy) is 4. The summed E-state index contributed by atoms with van der Waals surface area (Å²) in [6.07, 6.45) is -1.13. The predicted molar refractivity (Wildman–Crippen MR) is 292 cm³/mol. The van der Waals surface area contributed by atoms with Crippen LogP contribution in [0.4, 0.5) is 5.69 Å². The Morgan fingerprint density at radius 3 is 1.49 bits per heavy atom. The number of aliphatic hydroxyl groups excluding tert-OH is 1. The lowest BCUT2D eigenvalue weighted by atomic mass is 9.85. The highest BCUT2D eigenvalue weighted by molar-refractivity contribution is 7.89. The molecule has 0 aliphatic carbocycles. The lowest BCUT2D eigenvalue weighted by molar-refractivity contribution is 0.0446. The Morgan fingerprint density at radius 2 is 1.04 bits per heavy atom. The van der Waals surface area contributed by atoms with Gasteiger partial charge in [-0.1, -0.05) is 70.7 Å². The van der Waals surface area contributed by atoms with E-state index in [0.717, 1.165) is 46.5 Å². The summed E-state index contributed by atoms with van der Waals surface area (Å²) in [6, 6.07) is 25.6. The van der Waals surface area contributed by atoms with Crippen molar-refractivity contribution in [1.29, 1.82) is 0 Å². The monoisotopic (exact) mass is 1150 g/mol. The van der Waals surface area contributed by atoms with E-state index in [0.29, 0.717) is 44.4 Å². The second-order valence-electron chi connectivity index (χ2n) is 18.3. The van der Waals surface area contributed by atoms with Gasteiger partial charge in [0.1, 0.15) is 6.23 Å². The molecule has 7 N–H and O–H groups in total. The number of benzene rings is 5. The van der Waals surface area contributed by atoms with Gasteiger partial charge in [-0.2, -0.15) is 0 Å². The molecule has 1 amide bonds. The Balaban J connectivity index is 0.709. The van der Waals surface area contributed by atoms with Crippen molar-refractivity contribution in [2.75, 3.05) is 112 Å². The number of nitrogens with one attached hydrogen (secondary N) is 4. The number of nitrogen functional groups attached to an aromatic ring is 1. The van der Waals surface area contributed by atoms with Gasteiger partial charge in [0.05, 0.1) is 62.6 Å². The SMILES string of the molecule is CN1Cc2c(Cl)cc(Cl)cc2C(c2ccc(S(=O)(=O)NCCOCCOCCNC(=O)c3cc(N)cc(C(O)NCCOCCOCCNS(=O)(=O)c4ccc(C5CN(C)Cc6c(Cl)cc(Cl)cc65)cc4)c3)cc2)C1. The molecule has 0 aromatic heterocycles. The van der Waals surface area contributed by atoms with Gasteiger partial charge >= 0.3 is 0 Å². The summed E-state index contributed by atoms with van der Waals surface area (Å²) in [5, 5.41) is 18.8. The highest BCUT2D eigenvalue weighted by Crippen LogP contribution is 2.40.